The molecule has 11 aromatic rings. The SMILES string of the molecule is c1ccc2c(c1)-c1ccccc1C21c2cnccc2-c2ccc3c(c21)c1ccccc1n3-c1ccc(-c2ccc(-n3c4ccccc4c4ncccc43)cc2)cc1. The van der Waals surface area contributed by atoms with Gasteiger partial charge in [-0.1, -0.05) is 115 Å². The highest BCUT2D eigenvalue weighted by molar-refractivity contribution is 6.16. The van der Waals surface area contributed by atoms with Crippen molar-refractivity contribution in [2.24, 2.45) is 0 Å². The Balaban J connectivity index is 0.979. The lowest BCUT2D eigenvalue weighted by Crippen LogP contribution is -2.26. The Morgan fingerprint density at radius 2 is 0.947 bits per heavy atom. The molecule has 0 bridgehead atoms. The van der Waals surface area contributed by atoms with E-state index in [2.05, 4.69) is 185 Å². The number of benzene rings is 7. The first-order chi connectivity index (χ1) is 28.3. The Morgan fingerprint density at radius 1 is 0.386 bits per heavy atom. The summed E-state index contributed by atoms with van der Waals surface area (Å²) in [5.74, 6) is 0. The Kier molecular flexibility index (Phi) is 6.07. The molecule has 0 N–H and O–H groups in total. The van der Waals surface area contributed by atoms with Crippen molar-refractivity contribution in [3.8, 4) is 44.8 Å². The van der Waals surface area contributed by atoms with Crippen LogP contribution >= 0.6 is 0 Å². The summed E-state index contributed by atoms with van der Waals surface area (Å²) < 4.78 is 4.77. The average Bonchev–Trinajstić information content (AvgIpc) is 3.99. The zero-order valence-electron chi connectivity index (χ0n) is 30.8. The van der Waals surface area contributed by atoms with Gasteiger partial charge < -0.3 is 9.13 Å². The fraction of sp³-hybridized carbons (Fsp3) is 0.0189. The molecule has 264 valence electrons. The van der Waals surface area contributed by atoms with E-state index in [0.717, 1.165) is 33.3 Å². The topological polar surface area (TPSA) is 35.6 Å². The smallest absolute Gasteiger partial charge is 0.0963 e. The molecule has 4 heteroatoms. The van der Waals surface area contributed by atoms with Crippen LogP contribution in [0.15, 0.2) is 195 Å². The molecule has 0 fully saturated rings. The second-order valence-electron chi connectivity index (χ2n) is 15.3. The summed E-state index contributed by atoms with van der Waals surface area (Å²) in [5, 5.41) is 3.72. The molecule has 2 aliphatic carbocycles. The quantitative estimate of drug-likeness (QED) is 0.182. The molecule has 0 atom stereocenters. The third-order valence-electron chi connectivity index (χ3n) is 12.7. The number of fused-ring (bicyclic) bond motifs is 17. The van der Waals surface area contributed by atoms with Gasteiger partial charge in [-0.15, -0.1) is 0 Å². The van der Waals surface area contributed by atoms with E-state index in [4.69, 9.17) is 9.97 Å². The third kappa shape index (κ3) is 3.91. The van der Waals surface area contributed by atoms with Crippen molar-refractivity contribution in [1.29, 1.82) is 0 Å². The minimum Gasteiger partial charge on any atom is -0.309 e. The lowest BCUT2D eigenvalue weighted by atomic mass is 9.70. The molecule has 0 radical (unpaired) electrons. The summed E-state index contributed by atoms with van der Waals surface area (Å²) in [6.07, 6.45) is 5.93. The maximum Gasteiger partial charge on any atom is 0.0963 e. The van der Waals surface area contributed by atoms with Gasteiger partial charge in [0.2, 0.25) is 0 Å². The molecule has 4 heterocycles. The Morgan fingerprint density at radius 3 is 1.65 bits per heavy atom. The van der Waals surface area contributed by atoms with Gasteiger partial charge in [0, 0.05) is 46.1 Å². The predicted molar refractivity (Wildman–Crippen MR) is 232 cm³/mol. The molecule has 2 aliphatic rings. The molecule has 4 aromatic heterocycles. The molecular formula is C53H32N4. The number of hydrogen-bond donors (Lipinski definition) is 0. The minimum atomic E-state index is -0.480. The zero-order chi connectivity index (χ0) is 37.2. The molecule has 7 aromatic carbocycles. The Labute approximate surface area is 328 Å². The van der Waals surface area contributed by atoms with Crippen LogP contribution < -0.4 is 0 Å². The fourth-order valence-electron chi connectivity index (χ4n) is 10.5. The van der Waals surface area contributed by atoms with Gasteiger partial charge in [0.05, 0.1) is 33.0 Å². The number of aromatic nitrogens is 4. The van der Waals surface area contributed by atoms with E-state index >= 15 is 0 Å². The number of para-hydroxylation sites is 2. The maximum absolute atomic E-state index is 4.77. The summed E-state index contributed by atoms with van der Waals surface area (Å²) in [7, 11) is 0. The van der Waals surface area contributed by atoms with Crippen LogP contribution in [0.25, 0.3) is 88.5 Å². The molecule has 0 unspecified atom stereocenters. The standard InChI is InChI=1S/C53H32N4/c1-5-14-43-37(10-1)38-11-2-6-15-44(38)53(43)45-32-54-31-29-39(45)40-27-28-48-50(51(40)53)41-12-3-7-16-46(41)56(48)35-23-19-33(20-24-35)34-21-25-36(26-22-34)57-47-17-8-4-13-42(47)52-49(57)18-9-30-55-52/h1-32H. The van der Waals surface area contributed by atoms with E-state index in [1.165, 1.54) is 77.4 Å². The van der Waals surface area contributed by atoms with Gasteiger partial charge in [0.1, 0.15) is 0 Å². The summed E-state index contributed by atoms with van der Waals surface area (Å²) in [6.45, 7) is 0. The van der Waals surface area contributed by atoms with Crippen molar-refractivity contribution < 1.29 is 0 Å². The van der Waals surface area contributed by atoms with Crippen molar-refractivity contribution in [2.75, 3.05) is 0 Å². The summed E-state index contributed by atoms with van der Waals surface area (Å²) in [6, 6.07) is 64.4. The Hall–Kier alpha value is -7.56. The van der Waals surface area contributed by atoms with Crippen molar-refractivity contribution in [2.45, 2.75) is 5.41 Å². The van der Waals surface area contributed by atoms with Gasteiger partial charge in [-0.2, -0.15) is 0 Å². The van der Waals surface area contributed by atoms with Crippen molar-refractivity contribution in [3.05, 3.63) is 217 Å². The molecule has 0 amide bonds. The van der Waals surface area contributed by atoms with Crippen LogP contribution in [-0.4, -0.2) is 19.1 Å². The summed E-state index contributed by atoms with van der Waals surface area (Å²) >= 11 is 0. The zero-order valence-corrected chi connectivity index (χ0v) is 30.8. The number of rotatable bonds is 3. The first-order valence-electron chi connectivity index (χ1n) is 19.6. The highest BCUT2D eigenvalue weighted by Crippen LogP contribution is 2.64. The van der Waals surface area contributed by atoms with E-state index < -0.39 is 5.41 Å². The summed E-state index contributed by atoms with van der Waals surface area (Å²) in [5.41, 5.74) is 20.2. The van der Waals surface area contributed by atoms with Crippen molar-refractivity contribution in [3.63, 3.8) is 0 Å². The highest BCUT2D eigenvalue weighted by atomic mass is 15.0. The largest absolute Gasteiger partial charge is 0.309 e. The third-order valence-corrected chi connectivity index (χ3v) is 12.7. The Bertz CT molecular complexity index is 3340. The van der Waals surface area contributed by atoms with Crippen LogP contribution in [0.5, 0.6) is 0 Å². The van der Waals surface area contributed by atoms with E-state index in [0.29, 0.717) is 0 Å². The van der Waals surface area contributed by atoms with Gasteiger partial charge in [0.25, 0.3) is 0 Å². The normalized spacial score (nSPS) is 13.4. The van der Waals surface area contributed by atoms with Crippen LogP contribution in [0.1, 0.15) is 22.3 Å². The first-order valence-corrected chi connectivity index (χ1v) is 19.6. The number of nitrogens with zero attached hydrogens (tertiary/aromatic N) is 4. The fourth-order valence-corrected chi connectivity index (χ4v) is 10.5. The molecule has 4 nitrogen and oxygen atoms in total. The van der Waals surface area contributed by atoms with Gasteiger partial charge in [-0.05, 0) is 116 Å². The van der Waals surface area contributed by atoms with Crippen LogP contribution in [0.4, 0.5) is 0 Å². The monoisotopic (exact) mass is 724 g/mol. The lowest BCUT2D eigenvalue weighted by Gasteiger charge is -2.30. The summed E-state index contributed by atoms with van der Waals surface area (Å²) in [4.78, 5) is 9.49. The molecule has 0 saturated heterocycles. The van der Waals surface area contributed by atoms with Crippen molar-refractivity contribution in [1.82, 2.24) is 19.1 Å². The van der Waals surface area contributed by atoms with E-state index in [1.807, 2.05) is 18.5 Å². The molecule has 13 rings (SSSR count). The molecule has 57 heavy (non-hydrogen) atoms. The van der Waals surface area contributed by atoms with Gasteiger partial charge >= 0.3 is 0 Å². The van der Waals surface area contributed by atoms with E-state index in [-0.39, 0.29) is 0 Å². The first kappa shape index (κ1) is 30.7. The van der Waals surface area contributed by atoms with Gasteiger partial charge in [0.15, 0.2) is 0 Å². The number of pyridine rings is 2. The maximum atomic E-state index is 4.77. The van der Waals surface area contributed by atoms with Gasteiger partial charge in [-0.25, -0.2) is 0 Å². The molecule has 1 spiro atoms. The van der Waals surface area contributed by atoms with Crippen LogP contribution in [0.2, 0.25) is 0 Å². The highest BCUT2D eigenvalue weighted by Gasteiger charge is 2.53. The predicted octanol–water partition coefficient (Wildman–Crippen LogP) is 12.7. The van der Waals surface area contributed by atoms with Crippen molar-refractivity contribution >= 4 is 43.7 Å². The second-order valence-corrected chi connectivity index (χ2v) is 15.3. The average molecular weight is 725 g/mol. The van der Waals surface area contributed by atoms with Crippen LogP contribution in [-0.2, 0) is 5.41 Å². The molecular weight excluding hydrogens is 693 g/mol. The second kappa shape index (κ2) is 11.2. The van der Waals surface area contributed by atoms with E-state index in [9.17, 15) is 0 Å². The molecule has 0 aliphatic heterocycles. The van der Waals surface area contributed by atoms with Crippen LogP contribution in [0.3, 0.4) is 0 Å². The van der Waals surface area contributed by atoms with E-state index in [1.54, 1.807) is 0 Å². The minimum absolute atomic E-state index is 0.480. The molecule has 0 saturated carbocycles. The lowest BCUT2D eigenvalue weighted by molar-refractivity contribution is 0.796. The number of hydrogen-bond acceptors (Lipinski definition) is 2. The van der Waals surface area contributed by atoms with Crippen LogP contribution in [0, 0.1) is 0 Å². The van der Waals surface area contributed by atoms with Gasteiger partial charge in [-0.3, -0.25) is 9.97 Å².